The van der Waals surface area contributed by atoms with E-state index in [2.05, 4.69) is 5.32 Å². The zero-order valence-electron chi connectivity index (χ0n) is 9.58. The highest BCUT2D eigenvalue weighted by atomic mass is 35.5. The zero-order chi connectivity index (χ0) is 12.3. The Balaban J connectivity index is 2.42. The van der Waals surface area contributed by atoms with Gasteiger partial charge in [-0.25, -0.2) is 0 Å². The monoisotopic (exact) mass is 253 g/mol. The Labute approximate surface area is 106 Å². The Kier molecular flexibility index (Phi) is 3.69. The summed E-state index contributed by atoms with van der Waals surface area (Å²) in [5, 5.41) is 13.4. The number of carbonyl (C=O) groups is 1. The molecule has 1 unspecified atom stereocenters. The lowest BCUT2D eigenvalue weighted by Gasteiger charge is -2.28. The first kappa shape index (κ1) is 12.4. The Morgan fingerprint density at radius 1 is 1.35 bits per heavy atom. The summed E-state index contributed by atoms with van der Waals surface area (Å²) in [7, 11) is 0. The summed E-state index contributed by atoms with van der Waals surface area (Å²) in [5.41, 5.74) is 0.0372. The van der Waals surface area contributed by atoms with Gasteiger partial charge >= 0.3 is 5.97 Å². The maximum Gasteiger partial charge on any atom is 0.314 e. The van der Waals surface area contributed by atoms with E-state index in [9.17, 15) is 9.90 Å². The molecule has 0 aliphatic carbocycles. The van der Waals surface area contributed by atoms with Gasteiger partial charge in [-0.05, 0) is 50.0 Å². The standard InChI is InChI=1S/C13H16ClNO2/c14-11-4-1-3-10(9-11)13(12(16)17)5-2-7-15-8-6-13/h1,3-4,9,15H,2,5-8H2,(H,16,17). The number of benzene rings is 1. The lowest BCUT2D eigenvalue weighted by molar-refractivity contribution is -0.144. The highest BCUT2D eigenvalue weighted by Gasteiger charge is 2.40. The summed E-state index contributed by atoms with van der Waals surface area (Å²) in [4.78, 5) is 11.7. The number of nitrogens with one attached hydrogen (secondary N) is 1. The second-order valence-corrected chi connectivity index (χ2v) is 4.94. The largest absolute Gasteiger partial charge is 0.481 e. The molecule has 4 heteroatoms. The molecule has 1 atom stereocenters. The highest BCUT2D eigenvalue weighted by Crippen LogP contribution is 2.35. The third-order valence-electron chi connectivity index (χ3n) is 3.47. The van der Waals surface area contributed by atoms with E-state index in [1.807, 2.05) is 12.1 Å². The van der Waals surface area contributed by atoms with E-state index >= 15 is 0 Å². The maximum atomic E-state index is 11.7. The number of carboxylic acid groups (broad SMARTS) is 1. The van der Waals surface area contributed by atoms with Crippen molar-refractivity contribution in [2.75, 3.05) is 13.1 Å². The maximum absolute atomic E-state index is 11.7. The van der Waals surface area contributed by atoms with Gasteiger partial charge in [0, 0.05) is 5.02 Å². The van der Waals surface area contributed by atoms with Crippen molar-refractivity contribution in [2.45, 2.75) is 24.7 Å². The summed E-state index contributed by atoms with van der Waals surface area (Å²) in [6, 6.07) is 7.24. The fourth-order valence-corrected chi connectivity index (χ4v) is 2.67. The molecule has 2 rings (SSSR count). The first-order valence-corrected chi connectivity index (χ1v) is 6.23. The summed E-state index contributed by atoms with van der Waals surface area (Å²) in [6.07, 6.45) is 2.15. The van der Waals surface area contributed by atoms with Crippen molar-refractivity contribution >= 4 is 17.6 Å². The second kappa shape index (κ2) is 5.07. The fraction of sp³-hybridized carbons (Fsp3) is 0.462. The smallest absolute Gasteiger partial charge is 0.314 e. The average Bonchev–Trinajstić information content (AvgIpc) is 2.55. The van der Waals surface area contributed by atoms with Crippen LogP contribution in [0.25, 0.3) is 0 Å². The predicted octanol–water partition coefficient (Wildman–Crippen LogP) is 2.44. The van der Waals surface area contributed by atoms with Crippen molar-refractivity contribution < 1.29 is 9.90 Å². The van der Waals surface area contributed by atoms with Crippen LogP contribution in [0.4, 0.5) is 0 Å². The molecule has 1 heterocycles. The van der Waals surface area contributed by atoms with Gasteiger partial charge in [-0.15, -0.1) is 0 Å². The van der Waals surface area contributed by atoms with Crippen LogP contribution in [0.3, 0.4) is 0 Å². The molecule has 0 saturated carbocycles. The van der Waals surface area contributed by atoms with Crippen LogP contribution in [-0.2, 0) is 10.2 Å². The number of hydrogen-bond donors (Lipinski definition) is 2. The Morgan fingerprint density at radius 3 is 2.88 bits per heavy atom. The van der Waals surface area contributed by atoms with E-state index < -0.39 is 11.4 Å². The van der Waals surface area contributed by atoms with Crippen LogP contribution in [0, 0.1) is 0 Å². The van der Waals surface area contributed by atoms with Crippen LogP contribution in [0.2, 0.25) is 5.02 Å². The molecule has 0 spiro atoms. The van der Waals surface area contributed by atoms with E-state index in [0.29, 0.717) is 17.9 Å². The average molecular weight is 254 g/mol. The molecule has 1 fully saturated rings. The zero-order valence-corrected chi connectivity index (χ0v) is 10.3. The second-order valence-electron chi connectivity index (χ2n) is 4.50. The van der Waals surface area contributed by atoms with E-state index in [0.717, 1.165) is 25.1 Å². The van der Waals surface area contributed by atoms with Gasteiger partial charge in [0.15, 0.2) is 0 Å². The van der Waals surface area contributed by atoms with Crippen LogP contribution in [0.1, 0.15) is 24.8 Å². The van der Waals surface area contributed by atoms with Gasteiger partial charge in [-0.3, -0.25) is 4.79 Å². The molecule has 0 radical (unpaired) electrons. The van der Waals surface area contributed by atoms with Crippen molar-refractivity contribution in [1.82, 2.24) is 5.32 Å². The number of carboxylic acids is 1. The van der Waals surface area contributed by atoms with Crippen LogP contribution < -0.4 is 5.32 Å². The van der Waals surface area contributed by atoms with E-state index in [1.165, 1.54) is 0 Å². The van der Waals surface area contributed by atoms with Crippen molar-refractivity contribution in [3.05, 3.63) is 34.9 Å². The number of halogens is 1. The molecular weight excluding hydrogens is 238 g/mol. The van der Waals surface area contributed by atoms with E-state index in [-0.39, 0.29) is 0 Å². The van der Waals surface area contributed by atoms with Gasteiger partial charge < -0.3 is 10.4 Å². The molecule has 0 amide bonds. The first-order valence-electron chi connectivity index (χ1n) is 5.85. The molecule has 3 nitrogen and oxygen atoms in total. The Hall–Kier alpha value is -1.06. The molecule has 0 aromatic heterocycles. The quantitative estimate of drug-likeness (QED) is 0.851. The van der Waals surface area contributed by atoms with Gasteiger partial charge in [-0.2, -0.15) is 0 Å². The van der Waals surface area contributed by atoms with Crippen LogP contribution in [0.15, 0.2) is 24.3 Å². The molecule has 0 bridgehead atoms. The van der Waals surface area contributed by atoms with E-state index in [4.69, 9.17) is 11.6 Å². The van der Waals surface area contributed by atoms with Gasteiger partial charge in [-0.1, -0.05) is 23.7 Å². The number of hydrogen-bond acceptors (Lipinski definition) is 2. The highest BCUT2D eigenvalue weighted by molar-refractivity contribution is 6.30. The first-order chi connectivity index (χ1) is 8.15. The van der Waals surface area contributed by atoms with Gasteiger partial charge in [0.2, 0.25) is 0 Å². The third-order valence-corrected chi connectivity index (χ3v) is 3.71. The summed E-state index contributed by atoms with van der Waals surface area (Å²) < 4.78 is 0. The fourth-order valence-electron chi connectivity index (χ4n) is 2.48. The van der Waals surface area contributed by atoms with Crippen LogP contribution in [-0.4, -0.2) is 24.2 Å². The molecule has 2 N–H and O–H groups in total. The van der Waals surface area contributed by atoms with Crippen molar-refractivity contribution in [2.24, 2.45) is 0 Å². The molecule has 1 aromatic carbocycles. The molecule has 92 valence electrons. The summed E-state index contributed by atoms with van der Waals surface area (Å²) in [6.45, 7) is 1.62. The molecule has 1 aliphatic rings. The summed E-state index contributed by atoms with van der Waals surface area (Å²) >= 11 is 5.96. The minimum absolute atomic E-state index is 0.598. The molecule has 1 saturated heterocycles. The van der Waals surface area contributed by atoms with Gasteiger partial charge in [0.05, 0.1) is 5.41 Å². The van der Waals surface area contributed by atoms with Crippen LogP contribution >= 0.6 is 11.6 Å². The minimum atomic E-state index is -0.783. The Bertz CT molecular complexity index is 412. The van der Waals surface area contributed by atoms with Crippen molar-refractivity contribution in [3.63, 3.8) is 0 Å². The predicted molar refractivity (Wildman–Crippen MR) is 67.5 cm³/mol. The van der Waals surface area contributed by atoms with E-state index in [1.54, 1.807) is 12.1 Å². The summed E-state index contributed by atoms with van der Waals surface area (Å²) in [5.74, 6) is -0.747. The minimum Gasteiger partial charge on any atom is -0.481 e. The third kappa shape index (κ3) is 2.45. The Morgan fingerprint density at radius 2 is 2.18 bits per heavy atom. The lowest BCUT2D eigenvalue weighted by atomic mass is 9.74. The number of aliphatic carboxylic acids is 1. The molecule has 17 heavy (non-hydrogen) atoms. The SMILES string of the molecule is O=C(O)C1(c2cccc(Cl)c2)CCCNCC1. The van der Waals surface area contributed by atoms with Crippen molar-refractivity contribution in [1.29, 1.82) is 0 Å². The van der Waals surface area contributed by atoms with Gasteiger partial charge in [0.25, 0.3) is 0 Å². The molecule has 1 aromatic rings. The lowest BCUT2D eigenvalue weighted by Crippen LogP contribution is -2.36. The number of rotatable bonds is 2. The van der Waals surface area contributed by atoms with Crippen molar-refractivity contribution in [3.8, 4) is 0 Å². The molecule has 1 aliphatic heterocycles. The van der Waals surface area contributed by atoms with Crippen LogP contribution in [0.5, 0.6) is 0 Å². The topological polar surface area (TPSA) is 49.3 Å². The van der Waals surface area contributed by atoms with Gasteiger partial charge in [0.1, 0.15) is 0 Å². The molecular formula is C13H16ClNO2. The normalized spacial score (nSPS) is 25.2.